The number of carbonyl (C=O) groups is 3. The van der Waals surface area contributed by atoms with Crippen LogP contribution in [0.4, 0.5) is 0 Å². The summed E-state index contributed by atoms with van der Waals surface area (Å²) in [5.74, 6) is -0.580. The van der Waals surface area contributed by atoms with Crippen molar-refractivity contribution < 1.29 is 19.1 Å². The summed E-state index contributed by atoms with van der Waals surface area (Å²) in [5, 5.41) is 2.82. The molecule has 2 amide bonds. The van der Waals surface area contributed by atoms with E-state index in [4.69, 9.17) is 4.74 Å². The molecule has 0 unspecified atom stereocenters. The number of nitrogens with one attached hydrogen (secondary N) is 1. The Hall–Kier alpha value is -2.37. The Bertz CT molecular complexity index is 708. The lowest BCUT2D eigenvalue weighted by atomic mass is 9.91. The second-order valence-electron chi connectivity index (χ2n) is 7.82. The van der Waals surface area contributed by atoms with Crippen LogP contribution in [0.5, 0.6) is 0 Å². The van der Waals surface area contributed by atoms with Gasteiger partial charge in [0, 0.05) is 13.1 Å². The van der Waals surface area contributed by atoms with Crippen molar-refractivity contribution in [3.63, 3.8) is 0 Å². The van der Waals surface area contributed by atoms with Crippen LogP contribution in [-0.4, -0.2) is 48.9 Å². The molecule has 1 aromatic carbocycles. The third kappa shape index (κ3) is 6.08. The molecule has 0 heterocycles. The van der Waals surface area contributed by atoms with Crippen LogP contribution in [0.1, 0.15) is 73.9 Å². The third-order valence-electron chi connectivity index (χ3n) is 4.66. The molecule has 0 spiro atoms. The van der Waals surface area contributed by atoms with Gasteiger partial charge < -0.3 is 15.0 Å². The zero-order chi connectivity index (χ0) is 20.1. The Kier molecular flexibility index (Phi) is 6.99. The van der Waals surface area contributed by atoms with E-state index in [-0.39, 0.29) is 31.0 Å². The molecule has 1 N–H and O–H groups in total. The van der Waals surface area contributed by atoms with Gasteiger partial charge in [-0.1, -0.05) is 39.8 Å². The van der Waals surface area contributed by atoms with Crippen molar-refractivity contribution in [3.8, 4) is 0 Å². The fraction of sp³-hybridized carbons (Fsp3) is 0.571. The molecule has 1 aromatic rings. The summed E-state index contributed by atoms with van der Waals surface area (Å²) >= 11 is 0. The number of carbonyl (C=O) groups excluding carboxylic acids is 3. The van der Waals surface area contributed by atoms with Crippen molar-refractivity contribution >= 4 is 17.8 Å². The summed E-state index contributed by atoms with van der Waals surface area (Å²) in [6, 6.07) is 5.97. The zero-order valence-electron chi connectivity index (χ0n) is 16.9. The van der Waals surface area contributed by atoms with Gasteiger partial charge in [0.05, 0.1) is 12.1 Å². The quantitative estimate of drug-likeness (QED) is 0.710. The molecule has 1 aliphatic carbocycles. The summed E-state index contributed by atoms with van der Waals surface area (Å²) in [6.45, 7) is 7.83. The van der Waals surface area contributed by atoms with Crippen molar-refractivity contribution in [1.82, 2.24) is 10.2 Å². The maximum atomic E-state index is 12.5. The van der Waals surface area contributed by atoms with Crippen LogP contribution in [0.3, 0.4) is 0 Å². The Balaban J connectivity index is 1.93. The number of amides is 2. The van der Waals surface area contributed by atoms with Gasteiger partial charge in [0.15, 0.2) is 6.61 Å². The summed E-state index contributed by atoms with van der Waals surface area (Å²) in [5.41, 5.74) is 2.56. The second-order valence-corrected chi connectivity index (χ2v) is 7.82. The molecule has 0 bridgehead atoms. The number of hydrogen-bond acceptors (Lipinski definition) is 4. The molecule has 1 fully saturated rings. The van der Waals surface area contributed by atoms with Crippen molar-refractivity contribution in [2.75, 3.05) is 20.2 Å². The van der Waals surface area contributed by atoms with Crippen LogP contribution >= 0.6 is 0 Å². The topological polar surface area (TPSA) is 75.7 Å². The summed E-state index contributed by atoms with van der Waals surface area (Å²) in [4.78, 5) is 37.7. The Morgan fingerprint density at radius 1 is 1.15 bits per heavy atom. The summed E-state index contributed by atoms with van der Waals surface area (Å²) in [6.07, 6.45) is 1.99. The van der Waals surface area contributed by atoms with Gasteiger partial charge in [-0.25, -0.2) is 4.79 Å². The summed E-state index contributed by atoms with van der Waals surface area (Å²) in [7, 11) is 1.53. The van der Waals surface area contributed by atoms with E-state index in [1.807, 2.05) is 26.0 Å². The van der Waals surface area contributed by atoms with Gasteiger partial charge in [-0.15, -0.1) is 0 Å². The first kappa shape index (κ1) is 20.9. The predicted octanol–water partition coefficient (Wildman–Crippen LogP) is 2.83. The highest BCUT2D eigenvalue weighted by molar-refractivity contribution is 5.93. The van der Waals surface area contributed by atoms with Crippen LogP contribution in [0.2, 0.25) is 0 Å². The highest BCUT2D eigenvalue weighted by Crippen LogP contribution is 2.25. The van der Waals surface area contributed by atoms with E-state index in [1.54, 1.807) is 6.07 Å². The SMILES string of the molecule is CC(C)c1ccc(C(=O)OCC(=O)N(C)CC(=O)NC2CC2)c(C(C)C)c1. The molecule has 0 aliphatic heterocycles. The fourth-order valence-corrected chi connectivity index (χ4v) is 2.72. The Morgan fingerprint density at radius 2 is 1.81 bits per heavy atom. The number of ether oxygens (including phenoxy) is 1. The molecule has 1 saturated carbocycles. The average molecular weight is 374 g/mol. The van der Waals surface area contributed by atoms with E-state index < -0.39 is 11.9 Å². The van der Waals surface area contributed by atoms with Gasteiger partial charge in [0.25, 0.3) is 5.91 Å². The van der Waals surface area contributed by atoms with Gasteiger partial charge in [0.1, 0.15) is 0 Å². The van der Waals surface area contributed by atoms with E-state index >= 15 is 0 Å². The largest absolute Gasteiger partial charge is 0.452 e. The van der Waals surface area contributed by atoms with E-state index in [9.17, 15) is 14.4 Å². The average Bonchev–Trinajstić information content (AvgIpc) is 3.42. The van der Waals surface area contributed by atoms with Gasteiger partial charge in [-0.05, 0) is 41.9 Å². The first-order valence-corrected chi connectivity index (χ1v) is 9.53. The fourth-order valence-electron chi connectivity index (χ4n) is 2.72. The molecular formula is C21H30N2O4. The highest BCUT2D eigenvalue weighted by Gasteiger charge is 2.25. The lowest BCUT2D eigenvalue weighted by Gasteiger charge is -2.18. The number of rotatable bonds is 8. The van der Waals surface area contributed by atoms with Gasteiger partial charge >= 0.3 is 5.97 Å². The molecule has 0 aromatic heterocycles. The Labute approximate surface area is 161 Å². The molecule has 6 nitrogen and oxygen atoms in total. The van der Waals surface area contributed by atoms with Crippen LogP contribution in [0.25, 0.3) is 0 Å². The molecule has 0 saturated heterocycles. The number of esters is 1. The van der Waals surface area contributed by atoms with Crippen LogP contribution in [0, 0.1) is 0 Å². The lowest BCUT2D eigenvalue weighted by Crippen LogP contribution is -2.40. The molecule has 0 radical (unpaired) electrons. The second kappa shape index (κ2) is 9.02. The summed E-state index contributed by atoms with van der Waals surface area (Å²) < 4.78 is 5.22. The maximum absolute atomic E-state index is 12.5. The van der Waals surface area contributed by atoms with E-state index in [1.165, 1.54) is 11.9 Å². The first-order valence-electron chi connectivity index (χ1n) is 9.53. The van der Waals surface area contributed by atoms with Gasteiger partial charge in [0.2, 0.25) is 5.91 Å². The first-order chi connectivity index (χ1) is 12.7. The molecule has 148 valence electrons. The van der Waals surface area contributed by atoms with Crippen LogP contribution in [0.15, 0.2) is 18.2 Å². The highest BCUT2D eigenvalue weighted by atomic mass is 16.5. The number of likely N-dealkylation sites (N-methyl/N-ethyl adjacent to an activating group) is 1. The normalized spacial score (nSPS) is 13.6. The monoisotopic (exact) mass is 374 g/mol. The maximum Gasteiger partial charge on any atom is 0.338 e. The smallest absolute Gasteiger partial charge is 0.338 e. The Morgan fingerprint density at radius 3 is 2.37 bits per heavy atom. The third-order valence-corrected chi connectivity index (χ3v) is 4.66. The van der Waals surface area contributed by atoms with Crippen molar-refractivity contribution in [1.29, 1.82) is 0 Å². The van der Waals surface area contributed by atoms with E-state index in [0.717, 1.165) is 24.0 Å². The number of benzene rings is 1. The molecule has 6 heteroatoms. The molecule has 1 aliphatic rings. The minimum absolute atomic E-state index is 0.0345. The van der Waals surface area contributed by atoms with Crippen molar-refractivity contribution in [2.24, 2.45) is 0 Å². The van der Waals surface area contributed by atoms with Crippen LogP contribution < -0.4 is 5.32 Å². The van der Waals surface area contributed by atoms with Crippen LogP contribution in [-0.2, 0) is 14.3 Å². The van der Waals surface area contributed by atoms with Crippen molar-refractivity contribution in [2.45, 2.75) is 58.4 Å². The van der Waals surface area contributed by atoms with E-state index in [0.29, 0.717) is 11.5 Å². The predicted molar refractivity (Wildman–Crippen MR) is 104 cm³/mol. The van der Waals surface area contributed by atoms with Crippen molar-refractivity contribution in [3.05, 3.63) is 34.9 Å². The standard InChI is InChI=1S/C21H30N2O4/c1-13(2)15-6-9-17(18(10-15)14(3)4)21(26)27-12-20(25)23(5)11-19(24)22-16-7-8-16/h6,9-10,13-14,16H,7-8,11-12H2,1-5H3,(H,22,24). The lowest BCUT2D eigenvalue weighted by molar-refractivity contribution is -0.137. The number of hydrogen-bond donors (Lipinski definition) is 1. The molecule has 2 rings (SSSR count). The number of nitrogens with zero attached hydrogens (tertiary/aromatic N) is 1. The van der Waals surface area contributed by atoms with Gasteiger partial charge in [-0.2, -0.15) is 0 Å². The molecule has 0 atom stereocenters. The zero-order valence-corrected chi connectivity index (χ0v) is 16.9. The minimum atomic E-state index is -0.516. The minimum Gasteiger partial charge on any atom is -0.452 e. The van der Waals surface area contributed by atoms with E-state index in [2.05, 4.69) is 19.2 Å². The van der Waals surface area contributed by atoms with Gasteiger partial charge in [-0.3, -0.25) is 9.59 Å². The molecule has 27 heavy (non-hydrogen) atoms. The molecular weight excluding hydrogens is 344 g/mol.